The van der Waals surface area contributed by atoms with Gasteiger partial charge in [-0.2, -0.15) is 13.2 Å². The van der Waals surface area contributed by atoms with Gasteiger partial charge in [0.2, 0.25) is 0 Å². The minimum atomic E-state index is -4.84. The van der Waals surface area contributed by atoms with E-state index in [2.05, 4.69) is 0 Å². The Morgan fingerprint density at radius 3 is 2.21 bits per heavy atom. The number of rotatable bonds is 2. The molecule has 1 fully saturated rings. The first-order valence-corrected chi connectivity index (χ1v) is 5.29. The van der Waals surface area contributed by atoms with E-state index in [1.165, 1.54) is 0 Å². The van der Waals surface area contributed by atoms with Gasteiger partial charge in [-0.1, -0.05) is 6.07 Å². The van der Waals surface area contributed by atoms with E-state index < -0.39 is 28.9 Å². The fraction of sp³-hybridized carbons (Fsp3) is 0.333. The molecule has 2 rings (SSSR count). The maximum absolute atomic E-state index is 13.4. The predicted octanol–water partition coefficient (Wildman–Crippen LogP) is 2.53. The van der Waals surface area contributed by atoms with Gasteiger partial charge in [0.15, 0.2) is 0 Å². The maximum Gasteiger partial charge on any atom is 0.419 e. The summed E-state index contributed by atoms with van der Waals surface area (Å²) < 4.78 is 50.5. The smallest absolute Gasteiger partial charge is 0.419 e. The van der Waals surface area contributed by atoms with Gasteiger partial charge in [-0.05, 0) is 17.7 Å². The lowest BCUT2D eigenvalue weighted by atomic mass is 9.63. The molecule has 0 unspecified atom stereocenters. The second-order valence-electron chi connectivity index (χ2n) is 4.47. The average molecular weight is 276 g/mol. The molecule has 0 bridgehead atoms. The average Bonchev–Trinajstić information content (AvgIpc) is 2.21. The van der Waals surface area contributed by atoms with Crippen LogP contribution in [0.15, 0.2) is 18.2 Å². The Bertz CT molecular complexity index is 555. The van der Waals surface area contributed by atoms with E-state index >= 15 is 0 Å². The number of halogens is 4. The summed E-state index contributed by atoms with van der Waals surface area (Å²) in [4.78, 5) is 22.1. The first-order valence-electron chi connectivity index (χ1n) is 5.29. The molecule has 0 spiro atoms. The number of hydrogen-bond donors (Lipinski definition) is 1. The summed E-state index contributed by atoms with van der Waals surface area (Å²) in [5, 5.41) is 9.08. The Labute approximate surface area is 104 Å². The number of ketones is 1. The molecule has 0 aliphatic heterocycles. The first-order chi connectivity index (χ1) is 8.67. The summed E-state index contributed by atoms with van der Waals surface area (Å²) in [5.41, 5.74) is -3.17. The van der Waals surface area contributed by atoms with Gasteiger partial charge < -0.3 is 5.11 Å². The van der Waals surface area contributed by atoms with Crippen LogP contribution in [-0.2, 0) is 21.2 Å². The fourth-order valence-corrected chi connectivity index (χ4v) is 2.14. The quantitative estimate of drug-likeness (QED) is 0.844. The number of aliphatic carboxylic acids is 1. The summed E-state index contributed by atoms with van der Waals surface area (Å²) in [5.74, 6) is -3.20. The molecule has 19 heavy (non-hydrogen) atoms. The number of carbonyl (C=O) groups excluding carboxylic acids is 1. The number of carbonyl (C=O) groups is 2. The normalized spacial score (nSPS) is 18.0. The third-order valence-corrected chi connectivity index (χ3v) is 3.23. The molecule has 0 radical (unpaired) electrons. The summed E-state index contributed by atoms with van der Waals surface area (Å²) in [6.07, 6.45) is -5.49. The zero-order valence-electron chi connectivity index (χ0n) is 9.42. The van der Waals surface area contributed by atoms with Crippen LogP contribution in [0, 0.1) is 5.82 Å². The van der Waals surface area contributed by atoms with E-state index in [9.17, 15) is 27.2 Å². The summed E-state index contributed by atoms with van der Waals surface area (Å²) in [6, 6.07) is 1.95. The topological polar surface area (TPSA) is 54.4 Å². The molecule has 102 valence electrons. The fourth-order valence-electron chi connectivity index (χ4n) is 2.14. The van der Waals surface area contributed by atoms with Crippen LogP contribution in [0.1, 0.15) is 24.0 Å². The Morgan fingerprint density at radius 2 is 1.84 bits per heavy atom. The molecule has 1 aliphatic carbocycles. The van der Waals surface area contributed by atoms with Crippen LogP contribution in [0.3, 0.4) is 0 Å². The molecule has 0 aromatic heterocycles. The monoisotopic (exact) mass is 276 g/mol. The van der Waals surface area contributed by atoms with Crippen molar-refractivity contribution < 1.29 is 32.3 Å². The van der Waals surface area contributed by atoms with Crippen molar-refractivity contribution in [1.29, 1.82) is 0 Å². The van der Waals surface area contributed by atoms with Crippen LogP contribution in [-0.4, -0.2) is 16.9 Å². The van der Waals surface area contributed by atoms with E-state index in [4.69, 9.17) is 5.11 Å². The van der Waals surface area contributed by atoms with Gasteiger partial charge in [0, 0.05) is 12.8 Å². The molecule has 0 saturated heterocycles. The van der Waals surface area contributed by atoms with Crippen molar-refractivity contribution in [3.8, 4) is 0 Å². The molecule has 0 heterocycles. The third-order valence-electron chi connectivity index (χ3n) is 3.23. The van der Waals surface area contributed by atoms with Gasteiger partial charge in [0.25, 0.3) is 0 Å². The molecular formula is C12H8F4O3. The first kappa shape index (κ1) is 13.5. The summed E-state index contributed by atoms with van der Waals surface area (Å²) >= 11 is 0. The van der Waals surface area contributed by atoms with Crippen molar-refractivity contribution in [3.05, 3.63) is 35.1 Å². The number of benzene rings is 1. The lowest BCUT2D eigenvalue weighted by Crippen LogP contribution is -2.48. The Hall–Kier alpha value is -1.92. The van der Waals surface area contributed by atoms with E-state index in [1.807, 2.05) is 0 Å². The van der Waals surface area contributed by atoms with Gasteiger partial charge in [0.05, 0.1) is 5.56 Å². The number of hydrogen-bond acceptors (Lipinski definition) is 2. The highest BCUT2D eigenvalue weighted by atomic mass is 19.4. The minimum Gasteiger partial charge on any atom is -0.481 e. The second kappa shape index (κ2) is 4.04. The standard InChI is InChI=1S/C12H8F4O3/c13-9-3-6(1-2-8(9)12(14,15)16)11(10(18)19)4-7(17)5-11/h1-3H,4-5H2,(H,18,19). The van der Waals surface area contributed by atoms with Gasteiger partial charge in [-0.25, -0.2) is 4.39 Å². The summed E-state index contributed by atoms with van der Waals surface area (Å²) in [7, 11) is 0. The van der Waals surface area contributed by atoms with Crippen molar-refractivity contribution in [1.82, 2.24) is 0 Å². The van der Waals surface area contributed by atoms with Crippen LogP contribution >= 0.6 is 0 Å². The van der Waals surface area contributed by atoms with Crippen molar-refractivity contribution in [2.24, 2.45) is 0 Å². The Balaban J connectivity index is 2.45. The van der Waals surface area contributed by atoms with E-state index in [1.54, 1.807) is 0 Å². The Morgan fingerprint density at radius 1 is 1.26 bits per heavy atom. The molecule has 1 saturated carbocycles. The lowest BCUT2D eigenvalue weighted by Gasteiger charge is -2.36. The highest BCUT2D eigenvalue weighted by Crippen LogP contribution is 2.43. The van der Waals surface area contributed by atoms with Crippen LogP contribution in [0.25, 0.3) is 0 Å². The largest absolute Gasteiger partial charge is 0.481 e. The minimum absolute atomic E-state index is 0.120. The lowest BCUT2D eigenvalue weighted by molar-refractivity contribution is -0.153. The van der Waals surface area contributed by atoms with E-state index in [0.29, 0.717) is 12.1 Å². The summed E-state index contributed by atoms with van der Waals surface area (Å²) in [6.45, 7) is 0. The van der Waals surface area contributed by atoms with Crippen molar-refractivity contribution in [3.63, 3.8) is 0 Å². The zero-order chi connectivity index (χ0) is 14.4. The van der Waals surface area contributed by atoms with Gasteiger partial charge in [0.1, 0.15) is 17.0 Å². The molecule has 1 aliphatic rings. The van der Waals surface area contributed by atoms with Crippen molar-refractivity contribution in [2.45, 2.75) is 24.4 Å². The highest BCUT2D eigenvalue weighted by Gasteiger charge is 2.52. The molecule has 7 heteroatoms. The SMILES string of the molecule is O=C1CC(C(=O)O)(c2ccc(C(F)(F)F)c(F)c2)C1. The third kappa shape index (κ3) is 2.09. The number of carboxylic acids is 1. The molecule has 1 N–H and O–H groups in total. The molecular weight excluding hydrogens is 268 g/mol. The second-order valence-corrected chi connectivity index (χ2v) is 4.47. The van der Waals surface area contributed by atoms with Crippen LogP contribution in [0.5, 0.6) is 0 Å². The Kier molecular flexibility index (Phi) is 2.87. The van der Waals surface area contributed by atoms with Gasteiger partial charge in [-0.15, -0.1) is 0 Å². The molecule has 0 amide bonds. The number of alkyl halides is 3. The molecule has 0 atom stereocenters. The van der Waals surface area contributed by atoms with E-state index in [0.717, 1.165) is 6.07 Å². The predicted molar refractivity (Wildman–Crippen MR) is 55.0 cm³/mol. The zero-order valence-corrected chi connectivity index (χ0v) is 9.42. The van der Waals surface area contributed by atoms with E-state index in [-0.39, 0.29) is 24.2 Å². The van der Waals surface area contributed by atoms with Crippen LogP contribution in [0.4, 0.5) is 17.6 Å². The van der Waals surface area contributed by atoms with Gasteiger partial charge >= 0.3 is 12.1 Å². The van der Waals surface area contributed by atoms with Crippen LogP contribution in [0.2, 0.25) is 0 Å². The van der Waals surface area contributed by atoms with Crippen molar-refractivity contribution >= 4 is 11.8 Å². The molecule has 3 nitrogen and oxygen atoms in total. The molecule has 1 aromatic rings. The van der Waals surface area contributed by atoms with Gasteiger partial charge in [-0.3, -0.25) is 9.59 Å². The number of Topliss-reactive ketones (excluding diaryl/α,β-unsaturated/α-hetero) is 1. The maximum atomic E-state index is 13.4. The van der Waals surface area contributed by atoms with Crippen LogP contribution < -0.4 is 0 Å². The number of carboxylic acid groups (broad SMARTS) is 1. The molecule has 1 aromatic carbocycles. The van der Waals surface area contributed by atoms with Crippen molar-refractivity contribution in [2.75, 3.05) is 0 Å². The highest BCUT2D eigenvalue weighted by molar-refractivity contribution is 6.01.